The van der Waals surface area contributed by atoms with Crippen LogP contribution in [-0.2, 0) is 0 Å². The highest BCUT2D eigenvalue weighted by Crippen LogP contribution is 2.29. The molecule has 0 bridgehead atoms. The van der Waals surface area contributed by atoms with Gasteiger partial charge in [0.25, 0.3) is 0 Å². The molecule has 0 atom stereocenters. The zero-order valence-corrected chi connectivity index (χ0v) is 19.8. The van der Waals surface area contributed by atoms with E-state index >= 15 is 0 Å². The predicted octanol–water partition coefficient (Wildman–Crippen LogP) is 4.85. The molecule has 4 aromatic rings. The summed E-state index contributed by atoms with van der Waals surface area (Å²) in [6, 6.07) is 15.2. The summed E-state index contributed by atoms with van der Waals surface area (Å²) in [6.07, 6.45) is 3.24. The molecule has 8 heteroatoms. The monoisotopic (exact) mass is 466 g/mol. The molecule has 0 unspecified atom stereocenters. The topological polar surface area (TPSA) is 101 Å². The van der Waals surface area contributed by atoms with Gasteiger partial charge in [-0.3, -0.25) is 4.98 Å². The number of hydrogen-bond donors (Lipinski definition) is 3. The molecule has 8 nitrogen and oxygen atoms in total. The van der Waals surface area contributed by atoms with Crippen molar-refractivity contribution in [3.63, 3.8) is 0 Å². The van der Waals surface area contributed by atoms with Crippen LogP contribution in [0.1, 0.15) is 23.7 Å². The zero-order valence-electron chi connectivity index (χ0n) is 19.8. The summed E-state index contributed by atoms with van der Waals surface area (Å²) in [6.45, 7) is 6.61. The van der Waals surface area contributed by atoms with Gasteiger partial charge >= 0.3 is 6.03 Å². The van der Waals surface area contributed by atoms with Crippen LogP contribution in [-0.4, -0.2) is 34.1 Å². The molecule has 0 aliphatic heterocycles. The average molecular weight is 467 g/mol. The molecule has 0 fully saturated rings. The zero-order chi connectivity index (χ0) is 24.6. The van der Waals surface area contributed by atoms with Crippen LogP contribution in [0.25, 0.3) is 10.9 Å². The van der Waals surface area contributed by atoms with Gasteiger partial charge in [-0.1, -0.05) is 11.8 Å². The van der Waals surface area contributed by atoms with E-state index in [1.807, 2.05) is 69.3 Å². The number of nitrogens with one attached hydrogen (secondary N) is 3. The Kier molecular flexibility index (Phi) is 7.38. The van der Waals surface area contributed by atoms with Crippen molar-refractivity contribution < 1.29 is 9.53 Å². The molecule has 4 rings (SSSR count). The number of carbonyl (C=O) groups excluding carboxylic acids is 1. The molecule has 3 N–H and O–H groups in total. The number of aromatic nitrogens is 3. The summed E-state index contributed by atoms with van der Waals surface area (Å²) >= 11 is 0. The lowest BCUT2D eigenvalue weighted by molar-refractivity contribution is 0.242. The van der Waals surface area contributed by atoms with Crippen molar-refractivity contribution >= 4 is 28.4 Å². The maximum Gasteiger partial charge on any atom is 0.315 e. The van der Waals surface area contributed by atoms with Crippen LogP contribution in [0.2, 0.25) is 0 Å². The molecule has 35 heavy (non-hydrogen) atoms. The third-order valence-electron chi connectivity index (χ3n) is 5.09. The second-order valence-corrected chi connectivity index (χ2v) is 7.81. The first-order valence-corrected chi connectivity index (χ1v) is 11.3. The normalized spacial score (nSPS) is 10.3. The fourth-order valence-electron chi connectivity index (χ4n) is 3.35. The van der Waals surface area contributed by atoms with Crippen molar-refractivity contribution in [3.05, 3.63) is 77.9 Å². The van der Waals surface area contributed by atoms with Crippen LogP contribution in [0.3, 0.4) is 0 Å². The minimum absolute atomic E-state index is 0.234. The molecule has 2 heterocycles. The number of ether oxygens (including phenoxy) is 1. The van der Waals surface area contributed by atoms with Crippen LogP contribution < -0.4 is 20.7 Å². The van der Waals surface area contributed by atoms with E-state index in [1.165, 1.54) is 6.33 Å². The van der Waals surface area contributed by atoms with Crippen LogP contribution in [0.15, 0.2) is 61.1 Å². The molecule has 2 aromatic carbocycles. The van der Waals surface area contributed by atoms with Crippen LogP contribution in [0.5, 0.6) is 11.5 Å². The highest BCUT2D eigenvalue weighted by Gasteiger charge is 2.08. The predicted molar refractivity (Wildman–Crippen MR) is 137 cm³/mol. The number of fused-ring (bicyclic) bond motifs is 1. The van der Waals surface area contributed by atoms with Crippen molar-refractivity contribution in [2.75, 3.05) is 18.4 Å². The number of urea groups is 1. The van der Waals surface area contributed by atoms with E-state index in [0.717, 1.165) is 39.2 Å². The Morgan fingerprint density at radius 1 is 1.00 bits per heavy atom. The Bertz CT molecular complexity index is 1410. The smallest absolute Gasteiger partial charge is 0.315 e. The third kappa shape index (κ3) is 6.24. The van der Waals surface area contributed by atoms with Crippen molar-refractivity contribution in [1.82, 2.24) is 25.6 Å². The maximum atomic E-state index is 11.5. The summed E-state index contributed by atoms with van der Waals surface area (Å²) in [5.74, 6) is 8.15. The van der Waals surface area contributed by atoms with Gasteiger partial charge < -0.3 is 20.7 Å². The first-order chi connectivity index (χ1) is 17.0. The Balaban J connectivity index is 1.50. The molecule has 0 saturated heterocycles. The van der Waals surface area contributed by atoms with E-state index in [4.69, 9.17) is 4.74 Å². The van der Waals surface area contributed by atoms with Gasteiger partial charge in [0, 0.05) is 28.9 Å². The Morgan fingerprint density at radius 2 is 1.89 bits per heavy atom. The molecule has 176 valence electrons. The summed E-state index contributed by atoms with van der Waals surface area (Å²) in [5, 5.41) is 9.58. The number of carbonyl (C=O) groups is 1. The number of aryl methyl sites for hydroxylation is 2. The summed E-state index contributed by atoms with van der Waals surface area (Å²) in [5.41, 5.74) is 4.40. The molecule has 0 aliphatic carbocycles. The molecule has 0 aliphatic rings. The van der Waals surface area contributed by atoms with E-state index in [1.54, 1.807) is 6.20 Å². The summed E-state index contributed by atoms with van der Waals surface area (Å²) in [4.78, 5) is 24.5. The highest BCUT2D eigenvalue weighted by molar-refractivity contribution is 5.91. The van der Waals surface area contributed by atoms with Crippen molar-refractivity contribution in [3.8, 4) is 23.3 Å². The number of amides is 2. The quantitative estimate of drug-likeness (QED) is 0.351. The van der Waals surface area contributed by atoms with Gasteiger partial charge in [0.2, 0.25) is 0 Å². The fraction of sp³-hybridized carbons (Fsp3) is 0.185. The van der Waals surface area contributed by atoms with Gasteiger partial charge in [-0.25, -0.2) is 14.8 Å². The van der Waals surface area contributed by atoms with Gasteiger partial charge in [-0.05, 0) is 74.9 Å². The van der Waals surface area contributed by atoms with Crippen molar-refractivity contribution in [2.45, 2.75) is 20.8 Å². The molecule has 0 spiro atoms. The largest absolute Gasteiger partial charge is 0.455 e. The van der Waals surface area contributed by atoms with Crippen LogP contribution >= 0.6 is 0 Å². The van der Waals surface area contributed by atoms with E-state index < -0.39 is 0 Å². The second kappa shape index (κ2) is 11.0. The molecule has 0 radical (unpaired) electrons. The number of anilines is 2. The standard InChI is InChI=1S/C27H26N6O2/c1-4-28-27(34)29-13-5-6-20-8-11-24-23(15-20)26(32-17-31-24)33-21-9-12-25(18(2)14-21)35-22-10-7-19(3)30-16-22/h7-12,14-17H,4,13H2,1-3H3,(H2,28,29,34)(H,31,32,33). The number of nitrogens with zero attached hydrogens (tertiary/aromatic N) is 3. The number of benzene rings is 2. The lowest BCUT2D eigenvalue weighted by Crippen LogP contribution is -2.35. The Labute approximate surface area is 204 Å². The van der Waals surface area contributed by atoms with E-state index in [9.17, 15) is 4.79 Å². The molecular weight excluding hydrogens is 440 g/mol. The van der Waals surface area contributed by atoms with Crippen LogP contribution in [0, 0.1) is 25.7 Å². The SMILES string of the molecule is CCNC(=O)NCC#Cc1ccc2ncnc(Nc3ccc(Oc4ccc(C)nc4)c(C)c3)c2c1. The van der Waals surface area contributed by atoms with Gasteiger partial charge in [0.15, 0.2) is 0 Å². The third-order valence-corrected chi connectivity index (χ3v) is 5.09. The number of rotatable bonds is 6. The molecule has 2 aromatic heterocycles. The second-order valence-electron chi connectivity index (χ2n) is 7.81. The van der Waals surface area contributed by atoms with Crippen molar-refractivity contribution in [1.29, 1.82) is 0 Å². The first kappa shape index (κ1) is 23.5. The van der Waals surface area contributed by atoms with Crippen LogP contribution in [0.4, 0.5) is 16.3 Å². The number of hydrogen-bond acceptors (Lipinski definition) is 6. The Hall–Kier alpha value is -4.64. The van der Waals surface area contributed by atoms with E-state index in [-0.39, 0.29) is 12.6 Å². The Morgan fingerprint density at radius 3 is 2.66 bits per heavy atom. The fourth-order valence-corrected chi connectivity index (χ4v) is 3.35. The van der Waals surface area contributed by atoms with Gasteiger partial charge in [-0.15, -0.1) is 0 Å². The van der Waals surface area contributed by atoms with Gasteiger partial charge in [0.05, 0.1) is 18.3 Å². The highest BCUT2D eigenvalue weighted by atomic mass is 16.5. The number of pyridine rings is 1. The summed E-state index contributed by atoms with van der Waals surface area (Å²) in [7, 11) is 0. The molecule has 2 amide bonds. The van der Waals surface area contributed by atoms with E-state index in [0.29, 0.717) is 18.1 Å². The van der Waals surface area contributed by atoms with Gasteiger partial charge in [-0.2, -0.15) is 0 Å². The summed E-state index contributed by atoms with van der Waals surface area (Å²) < 4.78 is 5.97. The molecule has 0 saturated carbocycles. The lowest BCUT2D eigenvalue weighted by atomic mass is 10.1. The minimum Gasteiger partial charge on any atom is -0.455 e. The van der Waals surface area contributed by atoms with Crippen molar-refractivity contribution in [2.24, 2.45) is 0 Å². The maximum absolute atomic E-state index is 11.5. The average Bonchev–Trinajstić information content (AvgIpc) is 2.85. The molecular formula is C27H26N6O2. The lowest BCUT2D eigenvalue weighted by Gasteiger charge is -2.12. The minimum atomic E-state index is -0.234. The first-order valence-electron chi connectivity index (χ1n) is 11.3. The van der Waals surface area contributed by atoms with E-state index in [2.05, 4.69) is 42.7 Å². The van der Waals surface area contributed by atoms with Gasteiger partial charge in [0.1, 0.15) is 23.6 Å².